The van der Waals surface area contributed by atoms with Gasteiger partial charge in [0.15, 0.2) is 5.78 Å². The van der Waals surface area contributed by atoms with Crippen molar-refractivity contribution in [1.29, 1.82) is 0 Å². The molecule has 3 rings (SSSR count). The third kappa shape index (κ3) is 3.97. The molecule has 120 valence electrons. The maximum absolute atomic E-state index is 12.1. The van der Waals surface area contributed by atoms with Crippen LogP contribution in [0.25, 0.3) is 10.9 Å². The number of amides is 1. The third-order valence-corrected chi connectivity index (χ3v) is 3.87. The van der Waals surface area contributed by atoms with Gasteiger partial charge in [-0.05, 0) is 36.4 Å². The van der Waals surface area contributed by atoms with Crippen molar-refractivity contribution in [3.8, 4) is 0 Å². The summed E-state index contributed by atoms with van der Waals surface area (Å²) in [6.45, 7) is 0. The van der Waals surface area contributed by atoms with Crippen LogP contribution in [0.3, 0.4) is 0 Å². The van der Waals surface area contributed by atoms with Crippen molar-refractivity contribution in [2.45, 2.75) is 12.8 Å². The van der Waals surface area contributed by atoms with Crippen LogP contribution in [0.2, 0.25) is 5.02 Å². The molecule has 0 radical (unpaired) electrons. The van der Waals surface area contributed by atoms with Gasteiger partial charge in [-0.2, -0.15) is 0 Å². The molecule has 1 N–H and O–H groups in total. The number of carbonyl (C=O) groups excluding carboxylic acids is 2. The van der Waals surface area contributed by atoms with Gasteiger partial charge in [-0.3, -0.25) is 14.6 Å². The molecule has 0 aliphatic carbocycles. The molecular formula is C19H15ClN2O2. The summed E-state index contributed by atoms with van der Waals surface area (Å²) in [6.07, 6.45) is 1.88. The first-order valence-corrected chi connectivity index (χ1v) is 7.93. The summed E-state index contributed by atoms with van der Waals surface area (Å²) < 4.78 is 0. The molecule has 0 saturated heterocycles. The highest BCUT2D eigenvalue weighted by Crippen LogP contribution is 2.17. The quantitative estimate of drug-likeness (QED) is 0.697. The van der Waals surface area contributed by atoms with E-state index in [0.717, 1.165) is 10.9 Å². The summed E-state index contributed by atoms with van der Waals surface area (Å²) in [5.74, 6) is -0.298. The highest BCUT2D eigenvalue weighted by Gasteiger charge is 2.10. The number of benzene rings is 2. The smallest absolute Gasteiger partial charge is 0.224 e. The molecule has 0 atom stereocenters. The minimum absolute atomic E-state index is 0.0848. The van der Waals surface area contributed by atoms with E-state index in [-0.39, 0.29) is 24.5 Å². The number of aromatic nitrogens is 1. The van der Waals surface area contributed by atoms with Crippen LogP contribution in [-0.2, 0) is 4.79 Å². The van der Waals surface area contributed by atoms with Crippen LogP contribution in [0.5, 0.6) is 0 Å². The molecule has 24 heavy (non-hydrogen) atoms. The van der Waals surface area contributed by atoms with Crippen LogP contribution in [-0.4, -0.2) is 16.7 Å². The minimum atomic E-state index is -0.214. The molecule has 3 aromatic rings. The largest absolute Gasteiger partial charge is 0.325 e. The normalized spacial score (nSPS) is 10.5. The second kappa shape index (κ2) is 7.23. The number of carbonyl (C=O) groups is 2. The topological polar surface area (TPSA) is 59.1 Å². The molecule has 0 spiro atoms. The summed E-state index contributed by atoms with van der Waals surface area (Å²) in [5, 5.41) is 4.30. The standard InChI is InChI=1S/C19H15ClN2O2/c20-15-7-5-13(6-8-15)18(23)9-10-19(24)22-16-11-14-3-1-2-4-17(14)21-12-16/h1-8,11-12H,9-10H2,(H,22,24). The van der Waals surface area contributed by atoms with Crippen molar-refractivity contribution in [2.24, 2.45) is 0 Å². The van der Waals surface area contributed by atoms with Crippen molar-refractivity contribution in [3.05, 3.63) is 71.4 Å². The van der Waals surface area contributed by atoms with Crippen LogP contribution in [0.4, 0.5) is 5.69 Å². The van der Waals surface area contributed by atoms with Crippen molar-refractivity contribution in [3.63, 3.8) is 0 Å². The second-order valence-electron chi connectivity index (χ2n) is 5.39. The number of Topliss-reactive ketones (excluding diaryl/α,β-unsaturated/α-hetero) is 1. The first-order chi connectivity index (χ1) is 11.6. The van der Waals surface area contributed by atoms with Crippen molar-refractivity contribution in [1.82, 2.24) is 4.98 Å². The Balaban J connectivity index is 1.58. The number of ketones is 1. The minimum Gasteiger partial charge on any atom is -0.325 e. The van der Waals surface area contributed by atoms with Gasteiger partial charge in [0.1, 0.15) is 0 Å². The van der Waals surface area contributed by atoms with E-state index in [4.69, 9.17) is 11.6 Å². The molecule has 4 nitrogen and oxygen atoms in total. The van der Waals surface area contributed by atoms with Gasteiger partial charge < -0.3 is 5.32 Å². The molecule has 0 unspecified atom stereocenters. The first kappa shape index (κ1) is 16.1. The maximum Gasteiger partial charge on any atom is 0.224 e. The molecule has 0 fully saturated rings. The van der Waals surface area contributed by atoms with Gasteiger partial charge >= 0.3 is 0 Å². The van der Waals surface area contributed by atoms with Crippen LogP contribution < -0.4 is 5.32 Å². The second-order valence-corrected chi connectivity index (χ2v) is 5.83. The Hall–Kier alpha value is -2.72. The van der Waals surface area contributed by atoms with E-state index in [1.54, 1.807) is 30.5 Å². The molecular weight excluding hydrogens is 324 g/mol. The van der Waals surface area contributed by atoms with Crippen molar-refractivity contribution < 1.29 is 9.59 Å². The lowest BCUT2D eigenvalue weighted by Crippen LogP contribution is -2.13. The van der Waals surface area contributed by atoms with Gasteiger partial charge in [0.2, 0.25) is 5.91 Å². The molecule has 5 heteroatoms. The SMILES string of the molecule is O=C(CCC(=O)c1ccc(Cl)cc1)Nc1cnc2ccccc2c1. The summed E-state index contributed by atoms with van der Waals surface area (Å²) in [5.41, 5.74) is 2.05. The van der Waals surface area contributed by atoms with Gasteiger partial charge in [-0.25, -0.2) is 0 Å². The number of hydrogen-bond donors (Lipinski definition) is 1. The fourth-order valence-electron chi connectivity index (χ4n) is 2.37. The molecule has 0 aliphatic rings. The predicted molar refractivity (Wildman–Crippen MR) is 95.4 cm³/mol. The molecule has 1 heterocycles. The molecule has 1 aromatic heterocycles. The van der Waals surface area contributed by atoms with Gasteiger partial charge in [-0.1, -0.05) is 29.8 Å². The zero-order valence-corrected chi connectivity index (χ0v) is 13.6. The number of hydrogen-bond acceptors (Lipinski definition) is 3. The number of nitrogens with one attached hydrogen (secondary N) is 1. The third-order valence-electron chi connectivity index (χ3n) is 3.62. The molecule has 0 saturated carbocycles. The van der Waals surface area contributed by atoms with Crippen LogP contribution in [0.15, 0.2) is 60.8 Å². The lowest BCUT2D eigenvalue weighted by Gasteiger charge is -2.06. The van der Waals surface area contributed by atoms with Crippen LogP contribution in [0.1, 0.15) is 23.2 Å². The summed E-state index contributed by atoms with van der Waals surface area (Å²) >= 11 is 5.79. The highest BCUT2D eigenvalue weighted by molar-refractivity contribution is 6.30. The number of halogens is 1. The Morgan fingerprint density at radius 3 is 2.54 bits per heavy atom. The van der Waals surface area contributed by atoms with Crippen molar-refractivity contribution >= 4 is 39.9 Å². The van der Waals surface area contributed by atoms with E-state index < -0.39 is 0 Å². The number of para-hydroxylation sites is 1. The average Bonchev–Trinajstić information content (AvgIpc) is 2.60. The number of rotatable bonds is 5. The van der Waals surface area contributed by atoms with E-state index in [1.165, 1.54) is 0 Å². The molecule has 0 bridgehead atoms. The Morgan fingerprint density at radius 2 is 1.75 bits per heavy atom. The number of fused-ring (bicyclic) bond motifs is 1. The Kier molecular flexibility index (Phi) is 4.87. The van der Waals surface area contributed by atoms with Crippen LogP contribution >= 0.6 is 11.6 Å². The monoisotopic (exact) mass is 338 g/mol. The maximum atomic E-state index is 12.1. The summed E-state index contributed by atoms with van der Waals surface area (Å²) in [4.78, 5) is 28.4. The van der Waals surface area contributed by atoms with Gasteiger partial charge in [0, 0.05) is 28.8 Å². The lowest BCUT2D eigenvalue weighted by atomic mass is 10.1. The van der Waals surface area contributed by atoms with Gasteiger partial charge in [-0.15, -0.1) is 0 Å². The van der Waals surface area contributed by atoms with E-state index in [0.29, 0.717) is 16.3 Å². The zero-order valence-electron chi connectivity index (χ0n) is 12.8. The van der Waals surface area contributed by atoms with Crippen molar-refractivity contribution in [2.75, 3.05) is 5.32 Å². The molecule has 1 amide bonds. The summed E-state index contributed by atoms with van der Waals surface area (Å²) in [6, 6.07) is 16.2. The number of nitrogens with zero attached hydrogens (tertiary/aromatic N) is 1. The summed E-state index contributed by atoms with van der Waals surface area (Å²) in [7, 11) is 0. The van der Waals surface area contributed by atoms with E-state index in [1.807, 2.05) is 30.3 Å². The van der Waals surface area contributed by atoms with E-state index in [9.17, 15) is 9.59 Å². The number of pyridine rings is 1. The first-order valence-electron chi connectivity index (χ1n) is 7.55. The van der Waals surface area contributed by atoms with Gasteiger partial charge in [0.05, 0.1) is 17.4 Å². The molecule has 2 aromatic carbocycles. The highest BCUT2D eigenvalue weighted by atomic mass is 35.5. The predicted octanol–water partition coefficient (Wildman–Crippen LogP) is 4.49. The average molecular weight is 339 g/mol. The molecule has 0 aliphatic heterocycles. The fraction of sp³-hybridized carbons (Fsp3) is 0.105. The van der Waals surface area contributed by atoms with Gasteiger partial charge in [0.25, 0.3) is 0 Å². The van der Waals surface area contributed by atoms with E-state index in [2.05, 4.69) is 10.3 Å². The Labute approximate surface area is 144 Å². The van der Waals surface area contributed by atoms with Crippen LogP contribution in [0, 0.1) is 0 Å². The lowest BCUT2D eigenvalue weighted by molar-refractivity contribution is -0.116. The van der Waals surface area contributed by atoms with E-state index >= 15 is 0 Å². The zero-order chi connectivity index (χ0) is 16.9. The number of anilines is 1. The Morgan fingerprint density at radius 1 is 1.00 bits per heavy atom. The Bertz CT molecular complexity index is 891. The fourth-order valence-corrected chi connectivity index (χ4v) is 2.50.